The molecule has 6 heteroatoms. The van der Waals surface area contributed by atoms with Crippen molar-refractivity contribution >= 4 is 16.8 Å². The number of H-pyrrole nitrogens is 1. The van der Waals surface area contributed by atoms with Gasteiger partial charge >= 0.3 is 0 Å². The molecule has 0 spiro atoms. The highest BCUT2D eigenvalue weighted by Gasteiger charge is 2.30. The lowest BCUT2D eigenvalue weighted by molar-refractivity contribution is 0.0729. The average molecular weight is 447 g/mol. The minimum Gasteiger partial charge on any atom is -0.357 e. The van der Waals surface area contributed by atoms with E-state index in [0.717, 1.165) is 48.7 Å². The van der Waals surface area contributed by atoms with Crippen LogP contribution in [0.4, 0.5) is 0 Å². The second-order valence-electron chi connectivity index (χ2n) is 9.46. The largest absolute Gasteiger partial charge is 0.357 e. The molecule has 0 saturated carbocycles. The fourth-order valence-corrected chi connectivity index (χ4v) is 5.93. The lowest BCUT2D eigenvalue weighted by Crippen LogP contribution is -2.40. The van der Waals surface area contributed by atoms with E-state index in [9.17, 15) is 9.59 Å². The summed E-state index contributed by atoms with van der Waals surface area (Å²) < 4.78 is 2.24. The highest BCUT2D eigenvalue weighted by atomic mass is 16.2. The van der Waals surface area contributed by atoms with Crippen LogP contribution in [0, 0.1) is 6.92 Å². The van der Waals surface area contributed by atoms with Crippen molar-refractivity contribution in [3.05, 3.63) is 68.8 Å². The first-order valence-electron chi connectivity index (χ1n) is 12.4. The topological polar surface area (TPSA) is 61.3 Å². The molecule has 174 valence electrons. The molecule has 0 radical (unpaired) electrons. The number of nitrogens with zero attached hydrogens (tertiary/aromatic N) is 3. The molecule has 1 saturated heterocycles. The van der Waals surface area contributed by atoms with Crippen LogP contribution in [-0.4, -0.2) is 50.9 Å². The van der Waals surface area contributed by atoms with Crippen molar-refractivity contribution in [1.29, 1.82) is 0 Å². The van der Waals surface area contributed by atoms with Gasteiger partial charge in [-0.3, -0.25) is 14.5 Å². The van der Waals surface area contributed by atoms with E-state index in [4.69, 9.17) is 0 Å². The number of likely N-dealkylation sites (N-methyl/N-ethyl adjacent to an activating group) is 1. The lowest BCUT2D eigenvalue weighted by atomic mass is 10.0. The molecule has 3 aromatic rings. The molecule has 2 aliphatic heterocycles. The Balaban J connectivity index is 1.48. The van der Waals surface area contributed by atoms with Crippen molar-refractivity contribution in [2.45, 2.75) is 65.6 Å². The molecule has 6 nitrogen and oxygen atoms in total. The van der Waals surface area contributed by atoms with Gasteiger partial charge in [0.1, 0.15) is 5.56 Å². The minimum atomic E-state index is -0.146. The summed E-state index contributed by atoms with van der Waals surface area (Å²) >= 11 is 0. The number of nitrogens with one attached hydrogen (secondary N) is 1. The lowest BCUT2D eigenvalue weighted by Gasteiger charge is -2.30. The Kier molecular flexibility index (Phi) is 5.87. The quantitative estimate of drug-likeness (QED) is 0.647. The number of aromatic amines is 1. The van der Waals surface area contributed by atoms with Gasteiger partial charge < -0.3 is 14.5 Å². The van der Waals surface area contributed by atoms with Crippen LogP contribution in [0.2, 0.25) is 0 Å². The molecule has 5 rings (SSSR count). The summed E-state index contributed by atoms with van der Waals surface area (Å²) in [4.78, 5) is 34.7. The van der Waals surface area contributed by atoms with Gasteiger partial charge in [0.2, 0.25) is 0 Å². The number of rotatable bonds is 5. The molecular formula is C27H34N4O2. The third-order valence-electron chi connectivity index (χ3n) is 7.64. The van der Waals surface area contributed by atoms with Gasteiger partial charge in [-0.15, -0.1) is 0 Å². The molecule has 33 heavy (non-hydrogen) atoms. The number of carbonyl (C=O) groups is 1. The van der Waals surface area contributed by atoms with Gasteiger partial charge in [0.15, 0.2) is 5.43 Å². The predicted molar refractivity (Wildman–Crippen MR) is 132 cm³/mol. The first kappa shape index (κ1) is 22.0. The maximum absolute atomic E-state index is 13.7. The van der Waals surface area contributed by atoms with Crippen LogP contribution < -0.4 is 5.43 Å². The molecule has 0 bridgehead atoms. The van der Waals surface area contributed by atoms with Gasteiger partial charge in [-0.1, -0.05) is 32.0 Å². The Morgan fingerprint density at radius 2 is 2.00 bits per heavy atom. The summed E-state index contributed by atoms with van der Waals surface area (Å²) in [6, 6.07) is 10.4. The van der Waals surface area contributed by atoms with Crippen molar-refractivity contribution in [3.8, 4) is 0 Å². The van der Waals surface area contributed by atoms with Gasteiger partial charge in [-0.05, 0) is 57.3 Å². The molecule has 1 aromatic carbocycles. The Morgan fingerprint density at radius 1 is 1.18 bits per heavy atom. The van der Waals surface area contributed by atoms with Gasteiger partial charge in [0.05, 0.1) is 6.54 Å². The van der Waals surface area contributed by atoms with Crippen LogP contribution in [0.15, 0.2) is 35.1 Å². The van der Waals surface area contributed by atoms with E-state index >= 15 is 0 Å². The smallest absolute Gasteiger partial charge is 0.259 e. The van der Waals surface area contributed by atoms with E-state index in [-0.39, 0.29) is 11.3 Å². The number of benzene rings is 1. The molecule has 1 unspecified atom stereocenters. The zero-order valence-electron chi connectivity index (χ0n) is 20.0. The number of likely N-dealkylation sites (tertiary alicyclic amines) is 1. The SMILES string of the molecule is CCc1c(C(=O)N2CCc3c([nH]c4ccccc34)C2)c(=O)cc(C)n1CC1CCCN1CC. The zero-order chi connectivity index (χ0) is 23.1. The second-order valence-corrected chi connectivity index (χ2v) is 9.46. The van der Waals surface area contributed by atoms with Gasteiger partial charge in [0, 0.05) is 53.2 Å². The number of hydrogen-bond acceptors (Lipinski definition) is 3. The van der Waals surface area contributed by atoms with Crippen LogP contribution >= 0.6 is 0 Å². The first-order chi connectivity index (χ1) is 16.0. The monoisotopic (exact) mass is 446 g/mol. The maximum Gasteiger partial charge on any atom is 0.259 e. The first-order valence-corrected chi connectivity index (χ1v) is 12.4. The van der Waals surface area contributed by atoms with Crippen LogP contribution in [-0.2, 0) is 25.9 Å². The number of carbonyl (C=O) groups excluding carboxylic acids is 1. The number of amides is 1. The van der Waals surface area contributed by atoms with Crippen LogP contribution in [0.25, 0.3) is 10.9 Å². The molecule has 2 aromatic heterocycles. The summed E-state index contributed by atoms with van der Waals surface area (Å²) in [5.41, 5.74) is 5.55. The van der Waals surface area contributed by atoms with E-state index in [0.29, 0.717) is 31.1 Å². The van der Waals surface area contributed by atoms with Gasteiger partial charge in [0.25, 0.3) is 5.91 Å². The van der Waals surface area contributed by atoms with Crippen LogP contribution in [0.5, 0.6) is 0 Å². The normalized spacial score (nSPS) is 18.8. The Morgan fingerprint density at radius 3 is 2.79 bits per heavy atom. The van der Waals surface area contributed by atoms with E-state index in [1.807, 2.05) is 17.9 Å². The number of para-hydroxylation sites is 1. The van der Waals surface area contributed by atoms with Crippen molar-refractivity contribution in [3.63, 3.8) is 0 Å². The summed E-state index contributed by atoms with van der Waals surface area (Å²) in [5.74, 6) is -0.131. The van der Waals surface area contributed by atoms with E-state index < -0.39 is 0 Å². The average Bonchev–Trinajstić information content (AvgIpc) is 3.43. The third-order valence-corrected chi connectivity index (χ3v) is 7.64. The standard InChI is InChI=1S/C27H34N4O2/c1-4-24-26(25(32)15-18(3)31(24)16-19-9-8-13-29(19)5-2)27(33)30-14-12-21-20-10-6-7-11-22(20)28-23(21)17-30/h6-7,10-11,15,19,28H,4-5,8-9,12-14,16-17H2,1-3H3. The van der Waals surface area contributed by atoms with E-state index in [1.165, 1.54) is 23.8 Å². The number of aromatic nitrogens is 2. The number of fused-ring (bicyclic) bond motifs is 3. The molecule has 1 N–H and O–H groups in total. The molecule has 4 heterocycles. The summed E-state index contributed by atoms with van der Waals surface area (Å²) in [5, 5.41) is 1.24. The summed E-state index contributed by atoms with van der Waals surface area (Å²) in [6.45, 7) is 10.4. The number of pyridine rings is 1. The van der Waals surface area contributed by atoms with Gasteiger partial charge in [-0.25, -0.2) is 0 Å². The van der Waals surface area contributed by atoms with Crippen LogP contribution in [0.3, 0.4) is 0 Å². The third kappa shape index (κ3) is 3.80. The summed E-state index contributed by atoms with van der Waals surface area (Å²) in [6.07, 6.45) is 3.86. The maximum atomic E-state index is 13.7. The molecule has 2 aliphatic rings. The highest BCUT2D eigenvalue weighted by Crippen LogP contribution is 2.28. The fourth-order valence-electron chi connectivity index (χ4n) is 5.93. The number of aryl methyl sites for hydroxylation is 1. The van der Waals surface area contributed by atoms with Crippen LogP contribution in [0.1, 0.15) is 59.7 Å². The Bertz CT molecular complexity index is 1250. The fraction of sp³-hybridized carbons (Fsp3) is 0.481. The zero-order valence-corrected chi connectivity index (χ0v) is 20.0. The van der Waals surface area contributed by atoms with E-state index in [2.05, 4.69) is 46.5 Å². The molecule has 1 fully saturated rings. The summed E-state index contributed by atoms with van der Waals surface area (Å²) in [7, 11) is 0. The van der Waals surface area contributed by atoms with Crippen molar-refractivity contribution in [2.24, 2.45) is 0 Å². The van der Waals surface area contributed by atoms with Crippen molar-refractivity contribution in [1.82, 2.24) is 19.4 Å². The Hall–Kier alpha value is -2.86. The molecule has 0 aliphatic carbocycles. The van der Waals surface area contributed by atoms with Gasteiger partial charge in [-0.2, -0.15) is 0 Å². The van der Waals surface area contributed by atoms with Crippen molar-refractivity contribution < 1.29 is 4.79 Å². The highest BCUT2D eigenvalue weighted by molar-refractivity contribution is 5.96. The molecule has 1 atom stereocenters. The van der Waals surface area contributed by atoms with Crippen molar-refractivity contribution in [2.75, 3.05) is 19.6 Å². The molecular weight excluding hydrogens is 412 g/mol. The predicted octanol–water partition coefficient (Wildman–Crippen LogP) is 3.88. The molecule has 1 amide bonds. The second kappa shape index (κ2) is 8.82. The Labute approximate surface area is 195 Å². The van der Waals surface area contributed by atoms with E-state index in [1.54, 1.807) is 6.07 Å². The minimum absolute atomic E-state index is 0.131. The number of hydrogen-bond donors (Lipinski definition) is 1.